The van der Waals surface area contributed by atoms with E-state index in [1.807, 2.05) is 11.9 Å². The molecule has 0 aliphatic rings. The summed E-state index contributed by atoms with van der Waals surface area (Å²) in [5, 5.41) is 10.5. The maximum Gasteiger partial charge on any atom is 0.343 e. The lowest BCUT2D eigenvalue weighted by atomic mass is 10.2. The highest BCUT2D eigenvalue weighted by atomic mass is 16.5. The predicted molar refractivity (Wildman–Crippen MR) is 97.4 cm³/mol. The van der Waals surface area contributed by atoms with Crippen molar-refractivity contribution >= 4 is 17.1 Å². The Morgan fingerprint density at radius 2 is 2.22 bits per heavy atom. The highest BCUT2D eigenvalue weighted by Crippen LogP contribution is 2.20. The summed E-state index contributed by atoms with van der Waals surface area (Å²) in [5.41, 5.74) is -0.0707. The number of aliphatic hydroxyl groups excluding tert-OH is 1. The number of rotatable bonds is 7. The molecule has 0 unspecified atom stereocenters. The van der Waals surface area contributed by atoms with Crippen molar-refractivity contribution in [2.24, 2.45) is 7.05 Å². The van der Waals surface area contributed by atoms with Crippen molar-refractivity contribution in [2.75, 3.05) is 20.2 Å². The fraction of sp³-hybridized carbons (Fsp3) is 0.368. The molecule has 0 aliphatic carbocycles. The summed E-state index contributed by atoms with van der Waals surface area (Å²) >= 11 is 0. The number of likely N-dealkylation sites (N-methyl/N-ethyl adjacent to an activating group) is 1. The Kier molecular flexibility index (Phi) is 5.48. The van der Waals surface area contributed by atoms with Crippen molar-refractivity contribution in [1.29, 1.82) is 0 Å². The second kappa shape index (κ2) is 7.81. The average Bonchev–Trinajstić information content (AvgIpc) is 3.28. The molecule has 0 bridgehead atoms. The molecule has 0 saturated carbocycles. The zero-order chi connectivity index (χ0) is 19.6. The third kappa shape index (κ3) is 3.96. The van der Waals surface area contributed by atoms with Crippen molar-refractivity contribution < 1.29 is 23.5 Å². The number of pyridine rings is 1. The third-order valence-electron chi connectivity index (χ3n) is 4.17. The first-order chi connectivity index (χ1) is 12.9. The van der Waals surface area contributed by atoms with E-state index in [4.69, 9.17) is 13.6 Å². The first-order valence-corrected chi connectivity index (χ1v) is 8.59. The number of ether oxygens (including phenoxy) is 1. The quantitative estimate of drug-likeness (QED) is 0.632. The largest absolute Gasteiger partial charge is 0.467 e. The van der Waals surface area contributed by atoms with Crippen molar-refractivity contribution in [3.8, 4) is 0 Å². The molecule has 0 radical (unpaired) electrons. The Balaban J connectivity index is 1.82. The lowest BCUT2D eigenvalue weighted by Crippen LogP contribution is -2.23. The zero-order valence-corrected chi connectivity index (χ0v) is 15.5. The first-order valence-electron chi connectivity index (χ1n) is 8.59. The number of furan rings is 2. The Labute approximate surface area is 155 Å². The number of aliphatic hydroxyl groups is 1. The SMILES string of the molecule is CCOC(=O)c1cn(C)c2oc(CN(C)C[C@@H](O)c3ccco3)cc2c1=O. The lowest BCUT2D eigenvalue weighted by Gasteiger charge is -2.18. The minimum atomic E-state index is -0.768. The number of hydrogen-bond acceptors (Lipinski definition) is 7. The van der Waals surface area contributed by atoms with Crippen LogP contribution in [0.15, 0.2) is 44.3 Å². The molecule has 3 heterocycles. The number of carbonyl (C=O) groups is 1. The molecule has 8 heteroatoms. The van der Waals surface area contributed by atoms with Crippen LogP contribution in [0.4, 0.5) is 0 Å². The van der Waals surface area contributed by atoms with Gasteiger partial charge in [0, 0.05) is 19.8 Å². The van der Waals surface area contributed by atoms with Gasteiger partial charge in [0.1, 0.15) is 23.2 Å². The van der Waals surface area contributed by atoms with E-state index < -0.39 is 17.5 Å². The van der Waals surface area contributed by atoms with E-state index in [2.05, 4.69) is 0 Å². The maximum atomic E-state index is 12.6. The van der Waals surface area contributed by atoms with E-state index in [-0.39, 0.29) is 12.2 Å². The molecule has 1 N–H and O–H groups in total. The van der Waals surface area contributed by atoms with Crippen LogP contribution >= 0.6 is 0 Å². The van der Waals surface area contributed by atoms with Crippen molar-refractivity contribution in [3.05, 3.63) is 58.0 Å². The molecule has 3 aromatic rings. The van der Waals surface area contributed by atoms with Gasteiger partial charge in [-0.05, 0) is 32.2 Å². The molecular weight excluding hydrogens is 352 g/mol. The van der Waals surface area contributed by atoms with Crippen LogP contribution in [-0.4, -0.2) is 40.7 Å². The minimum absolute atomic E-state index is 0.0270. The summed E-state index contributed by atoms with van der Waals surface area (Å²) in [6.07, 6.45) is 2.16. The van der Waals surface area contributed by atoms with E-state index >= 15 is 0 Å². The second-order valence-electron chi connectivity index (χ2n) is 6.36. The van der Waals surface area contributed by atoms with Crippen LogP contribution in [0.2, 0.25) is 0 Å². The van der Waals surface area contributed by atoms with Gasteiger partial charge in [-0.25, -0.2) is 4.79 Å². The molecule has 3 aromatic heterocycles. The smallest absolute Gasteiger partial charge is 0.343 e. The van der Waals surface area contributed by atoms with Gasteiger partial charge in [0.05, 0.1) is 24.8 Å². The van der Waals surface area contributed by atoms with Gasteiger partial charge >= 0.3 is 5.97 Å². The highest BCUT2D eigenvalue weighted by molar-refractivity contribution is 5.92. The Bertz CT molecular complexity index is 986. The number of esters is 1. The van der Waals surface area contributed by atoms with Crippen molar-refractivity contribution in [2.45, 2.75) is 19.6 Å². The van der Waals surface area contributed by atoms with Gasteiger partial charge in [0.2, 0.25) is 11.1 Å². The van der Waals surface area contributed by atoms with Crippen LogP contribution in [0.5, 0.6) is 0 Å². The summed E-state index contributed by atoms with van der Waals surface area (Å²) in [7, 11) is 3.52. The van der Waals surface area contributed by atoms with Gasteiger partial charge in [0.15, 0.2) is 0 Å². The summed E-state index contributed by atoms with van der Waals surface area (Å²) in [4.78, 5) is 26.4. The zero-order valence-electron chi connectivity index (χ0n) is 15.5. The minimum Gasteiger partial charge on any atom is -0.467 e. The van der Waals surface area contributed by atoms with Crippen LogP contribution in [0, 0.1) is 0 Å². The van der Waals surface area contributed by atoms with Gasteiger partial charge in [-0.15, -0.1) is 0 Å². The number of aryl methyl sites for hydroxylation is 1. The summed E-state index contributed by atoms with van der Waals surface area (Å²) < 4.78 is 17.5. The molecule has 1 atom stereocenters. The molecule has 8 nitrogen and oxygen atoms in total. The molecule has 0 spiro atoms. The summed E-state index contributed by atoms with van der Waals surface area (Å²) in [6, 6.07) is 5.05. The lowest BCUT2D eigenvalue weighted by molar-refractivity contribution is 0.0524. The average molecular weight is 374 g/mol. The predicted octanol–water partition coefficient (Wildman–Crippen LogP) is 2.07. The molecule has 0 fully saturated rings. The first kappa shape index (κ1) is 18.9. The van der Waals surface area contributed by atoms with Crippen LogP contribution in [0.25, 0.3) is 11.1 Å². The molecule has 144 valence electrons. The number of nitrogens with zero attached hydrogens (tertiary/aromatic N) is 2. The number of fused-ring (bicyclic) bond motifs is 1. The van der Waals surface area contributed by atoms with E-state index in [0.29, 0.717) is 35.7 Å². The van der Waals surface area contributed by atoms with Crippen LogP contribution in [-0.2, 0) is 18.3 Å². The van der Waals surface area contributed by atoms with Gasteiger partial charge in [-0.1, -0.05) is 0 Å². The Morgan fingerprint density at radius 3 is 2.89 bits per heavy atom. The van der Waals surface area contributed by atoms with Crippen molar-refractivity contribution in [3.63, 3.8) is 0 Å². The standard InChI is InChI=1S/C19H22N2O6/c1-4-25-19(24)14-10-21(3)18-13(17(14)23)8-12(27-18)9-20(2)11-15(22)16-6-5-7-26-16/h5-8,10,15,22H,4,9,11H2,1-3H3/t15-/m1/s1. The van der Waals surface area contributed by atoms with Crippen LogP contribution in [0.3, 0.4) is 0 Å². The number of carbonyl (C=O) groups excluding carboxylic acids is 1. The van der Waals surface area contributed by atoms with E-state index in [1.165, 1.54) is 12.5 Å². The molecule has 0 aromatic carbocycles. The molecular formula is C19H22N2O6. The normalized spacial score (nSPS) is 12.6. The van der Waals surface area contributed by atoms with Crippen LogP contribution in [0.1, 0.15) is 34.9 Å². The number of hydrogen-bond donors (Lipinski definition) is 1. The summed E-state index contributed by atoms with van der Waals surface area (Å²) in [5.74, 6) is 0.382. The third-order valence-corrected chi connectivity index (χ3v) is 4.17. The number of aromatic nitrogens is 1. The van der Waals surface area contributed by atoms with Gasteiger partial charge in [-0.3, -0.25) is 9.69 Å². The van der Waals surface area contributed by atoms with Gasteiger partial charge in [-0.2, -0.15) is 0 Å². The Hall–Kier alpha value is -2.84. The fourth-order valence-electron chi connectivity index (χ4n) is 2.94. The monoisotopic (exact) mass is 374 g/mol. The molecule has 27 heavy (non-hydrogen) atoms. The van der Waals surface area contributed by atoms with E-state index in [1.54, 1.807) is 36.7 Å². The van der Waals surface area contributed by atoms with Gasteiger partial charge < -0.3 is 23.2 Å². The highest BCUT2D eigenvalue weighted by Gasteiger charge is 2.20. The summed E-state index contributed by atoms with van der Waals surface area (Å²) in [6.45, 7) is 2.58. The maximum absolute atomic E-state index is 12.6. The van der Waals surface area contributed by atoms with Crippen molar-refractivity contribution in [1.82, 2.24) is 9.47 Å². The van der Waals surface area contributed by atoms with E-state index in [0.717, 1.165) is 0 Å². The van der Waals surface area contributed by atoms with E-state index in [9.17, 15) is 14.7 Å². The second-order valence-corrected chi connectivity index (χ2v) is 6.36. The van der Waals surface area contributed by atoms with Crippen LogP contribution < -0.4 is 5.43 Å². The fourth-order valence-corrected chi connectivity index (χ4v) is 2.94. The topological polar surface area (TPSA) is 98.1 Å². The van der Waals surface area contributed by atoms with Gasteiger partial charge in [0.25, 0.3) is 0 Å². The molecule has 0 saturated heterocycles. The molecule has 3 rings (SSSR count). The molecule has 0 amide bonds. The Morgan fingerprint density at radius 1 is 1.44 bits per heavy atom. The molecule has 0 aliphatic heterocycles.